The van der Waals surface area contributed by atoms with Crippen LogP contribution in [0.5, 0.6) is 0 Å². The molecular weight excluding hydrogens is 230 g/mol. The maximum Gasteiger partial charge on any atom is 0.0102 e. The van der Waals surface area contributed by atoms with Gasteiger partial charge in [-0.1, -0.05) is 41.5 Å². The van der Waals surface area contributed by atoms with E-state index in [1.807, 2.05) is 0 Å². The Morgan fingerprint density at radius 1 is 1.00 bits per heavy atom. The molecule has 0 bridgehead atoms. The van der Waals surface area contributed by atoms with Crippen LogP contribution in [0.1, 0.15) is 87.5 Å². The smallest absolute Gasteiger partial charge is 0.0102 e. The highest BCUT2D eigenvalue weighted by Gasteiger charge is 2.41. The van der Waals surface area contributed by atoms with Crippen LogP contribution in [0.3, 0.4) is 0 Å². The van der Waals surface area contributed by atoms with Gasteiger partial charge in [-0.15, -0.1) is 0 Å². The second-order valence-electron chi connectivity index (χ2n) is 10.1. The number of rotatable bonds is 3. The molecule has 0 saturated heterocycles. The first-order valence-electron chi connectivity index (χ1n) is 8.02. The van der Waals surface area contributed by atoms with Gasteiger partial charge in [0, 0.05) is 5.54 Å². The summed E-state index contributed by atoms with van der Waals surface area (Å²) in [5.74, 6) is 0.798. The first-order valence-corrected chi connectivity index (χ1v) is 8.02. The summed E-state index contributed by atoms with van der Waals surface area (Å²) in [5.41, 5.74) is 7.52. The van der Waals surface area contributed by atoms with E-state index in [1.54, 1.807) is 0 Å². The highest BCUT2D eigenvalue weighted by Crippen LogP contribution is 2.51. The van der Waals surface area contributed by atoms with Crippen LogP contribution in [0.2, 0.25) is 0 Å². The van der Waals surface area contributed by atoms with Crippen molar-refractivity contribution in [1.29, 1.82) is 0 Å². The summed E-state index contributed by atoms with van der Waals surface area (Å²) >= 11 is 0. The Kier molecular flexibility index (Phi) is 4.53. The minimum absolute atomic E-state index is 0.0601. The molecule has 1 heteroatoms. The molecule has 0 heterocycles. The lowest BCUT2D eigenvalue weighted by molar-refractivity contribution is 0.107. The zero-order valence-electron chi connectivity index (χ0n) is 14.7. The van der Waals surface area contributed by atoms with Crippen LogP contribution in [0, 0.1) is 22.2 Å². The third-order valence-corrected chi connectivity index (χ3v) is 4.94. The maximum atomic E-state index is 6.29. The number of hydrogen-bond acceptors (Lipinski definition) is 1. The van der Waals surface area contributed by atoms with Gasteiger partial charge in [-0.05, 0) is 68.1 Å². The van der Waals surface area contributed by atoms with Crippen molar-refractivity contribution in [1.82, 2.24) is 0 Å². The third-order valence-electron chi connectivity index (χ3n) is 4.94. The summed E-state index contributed by atoms with van der Waals surface area (Å²) in [6, 6.07) is 0. The molecule has 1 aliphatic rings. The molecule has 0 aromatic heterocycles. The summed E-state index contributed by atoms with van der Waals surface area (Å²) in [7, 11) is 0. The number of nitrogens with two attached hydrogens (primary N) is 1. The molecule has 114 valence electrons. The van der Waals surface area contributed by atoms with E-state index in [0.29, 0.717) is 16.2 Å². The molecular formula is C18H37N. The Bertz CT molecular complexity index is 304. The van der Waals surface area contributed by atoms with E-state index in [0.717, 1.165) is 12.3 Å². The highest BCUT2D eigenvalue weighted by atomic mass is 14.7. The zero-order chi connectivity index (χ0) is 15.1. The zero-order valence-corrected chi connectivity index (χ0v) is 14.7. The fraction of sp³-hybridized carbons (Fsp3) is 1.00. The fourth-order valence-corrected chi connectivity index (χ4v) is 4.78. The maximum absolute atomic E-state index is 6.29. The summed E-state index contributed by atoms with van der Waals surface area (Å²) in [6.07, 6.45) is 6.52. The van der Waals surface area contributed by atoms with Crippen LogP contribution in [0.15, 0.2) is 0 Å². The van der Waals surface area contributed by atoms with E-state index in [1.165, 1.54) is 25.7 Å². The molecule has 0 aromatic rings. The molecule has 0 aromatic carbocycles. The average molecular weight is 268 g/mol. The predicted molar refractivity (Wildman–Crippen MR) is 86.2 cm³/mol. The van der Waals surface area contributed by atoms with E-state index in [2.05, 4.69) is 55.4 Å². The monoisotopic (exact) mass is 267 g/mol. The minimum atomic E-state index is -0.0601. The van der Waals surface area contributed by atoms with E-state index in [9.17, 15) is 0 Å². The van der Waals surface area contributed by atoms with Gasteiger partial charge >= 0.3 is 0 Å². The molecule has 1 fully saturated rings. The molecule has 1 aliphatic carbocycles. The van der Waals surface area contributed by atoms with Crippen molar-refractivity contribution < 1.29 is 0 Å². The van der Waals surface area contributed by atoms with Crippen molar-refractivity contribution in [2.45, 2.75) is 93.0 Å². The molecule has 1 unspecified atom stereocenters. The van der Waals surface area contributed by atoms with E-state index in [4.69, 9.17) is 5.73 Å². The molecule has 0 amide bonds. The normalized spacial score (nSPS) is 27.9. The molecule has 1 atom stereocenters. The van der Waals surface area contributed by atoms with Crippen molar-refractivity contribution in [3.8, 4) is 0 Å². The third kappa shape index (κ3) is 5.45. The van der Waals surface area contributed by atoms with E-state index in [-0.39, 0.29) is 5.54 Å². The quantitative estimate of drug-likeness (QED) is 0.682. The van der Waals surface area contributed by atoms with Crippen molar-refractivity contribution in [2.75, 3.05) is 0 Å². The standard InChI is InChI=1S/C18H37N/c1-15(2)10-9-14(11-16(3,4)12-15)17(5,6)13-18(7,8)19/h14H,9-13,19H2,1-8H3. The van der Waals surface area contributed by atoms with Gasteiger partial charge in [0.1, 0.15) is 0 Å². The van der Waals surface area contributed by atoms with Crippen LogP contribution in [-0.4, -0.2) is 5.54 Å². The Morgan fingerprint density at radius 3 is 2.00 bits per heavy atom. The Labute approximate surface area is 121 Å². The van der Waals surface area contributed by atoms with Gasteiger partial charge < -0.3 is 5.73 Å². The molecule has 2 N–H and O–H groups in total. The summed E-state index contributed by atoms with van der Waals surface area (Å²) in [6.45, 7) is 19.0. The van der Waals surface area contributed by atoms with Crippen LogP contribution in [0.4, 0.5) is 0 Å². The van der Waals surface area contributed by atoms with Crippen LogP contribution in [-0.2, 0) is 0 Å². The van der Waals surface area contributed by atoms with Crippen LogP contribution < -0.4 is 5.73 Å². The molecule has 0 aliphatic heterocycles. The lowest BCUT2D eigenvalue weighted by Crippen LogP contribution is -2.41. The molecule has 0 spiro atoms. The summed E-state index contributed by atoms with van der Waals surface area (Å²) < 4.78 is 0. The first kappa shape index (κ1) is 17.0. The molecule has 19 heavy (non-hydrogen) atoms. The van der Waals surface area contributed by atoms with Gasteiger partial charge in [0.2, 0.25) is 0 Å². The van der Waals surface area contributed by atoms with Crippen molar-refractivity contribution >= 4 is 0 Å². The topological polar surface area (TPSA) is 26.0 Å². The van der Waals surface area contributed by atoms with Gasteiger partial charge in [0.25, 0.3) is 0 Å². The van der Waals surface area contributed by atoms with Gasteiger partial charge in [-0.3, -0.25) is 0 Å². The molecule has 1 rings (SSSR count). The van der Waals surface area contributed by atoms with Crippen LogP contribution >= 0.6 is 0 Å². The summed E-state index contributed by atoms with van der Waals surface area (Å²) in [5, 5.41) is 0. The Balaban J connectivity index is 2.88. The average Bonchev–Trinajstić information content (AvgIpc) is 2.15. The fourth-order valence-electron chi connectivity index (χ4n) is 4.78. The largest absolute Gasteiger partial charge is 0.326 e. The second-order valence-corrected chi connectivity index (χ2v) is 10.1. The van der Waals surface area contributed by atoms with Gasteiger partial charge in [0.05, 0.1) is 0 Å². The highest BCUT2D eigenvalue weighted by molar-refractivity contribution is 4.93. The Hall–Kier alpha value is -0.0400. The molecule has 1 saturated carbocycles. The second kappa shape index (κ2) is 5.06. The SMILES string of the molecule is CC(C)(N)CC(C)(C)C1CCC(C)(C)CC(C)(C)C1. The van der Waals surface area contributed by atoms with Gasteiger partial charge in [-0.25, -0.2) is 0 Å². The summed E-state index contributed by atoms with van der Waals surface area (Å²) in [4.78, 5) is 0. The van der Waals surface area contributed by atoms with Gasteiger partial charge in [0.15, 0.2) is 0 Å². The predicted octanol–water partition coefficient (Wildman–Crippen LogP) is 5.38. The Morgan fingerprint density at radius 2 is 1.53 bits per heavy atom. The van der Waals surface area contributed by atoms with E-state index >= 15 is 0 Å². The lowest BCUT2D eigenvalue weighted by Gasteiger charge is -2.41. The lowest BCUT2D eigenvalue weighted by atomic mass is 9.65. The molecule has 1 nitrogen and oxygen atoms in total. The van der Waals surface area contributed by atoms with E-state index < -0.39 is 0 Å². The van der Waals surface area contributed by atoms with Gasteiger partial charge in [-0.2, -0.15) is 0 Å². The van der Waals surface area contributed by atoms with Crippen molar-refractivity contribution in [2.24, 2.45) is 27.9 Å². The minimum Gasteiger partial charge on any atom is -0.326 e. The first-order chi connectivity index (χ1) is 8.23. The number of hydrogen-bond donors (Lipinski definition) is 1. The molecule has 0 radical (unpaired) electrons. The van der Waals surface area contributed by atoms with Crippen LogP contribution in [0.25, 0.3) is 0 Å². The van der Waals surface area contributed by atoms with Crippen molar-refractivity contribution in [3.63, 3.8) is 0 Å². The van der Waals surface area contributed by atoms with Crippen molar-refractivity contribution in [3.05, 3.63) is 0 Å².